The fourth-order valence-electron chi connectivity index (χ4n) is 1.07. The standard InChI is InChI=1S/C11H13ClO2S/c12-8-11(14)9-2-4-10(5-3-9)15-7-1-6-13/h2-5,13H,1,6-8H2. The lowest BCUT2D eigenvalue weighted by Crippen LogP contribution is -1.99. The molecule has 82 valence electrons. The second kappa shape index (κ2) is 6.88. The Morgan fingerprint density at radius 3 is 2.53 bits per heavy atom. The van der Waals surface area contributed by atoms with Gasteiger partial charge in [-0.2, -0.15) is 0 Å². The topological polar surface area (TPSA) is 37.3 Å². The van der Waals surface area contributed by atoms with Crippen LogP contribution in [-0.2, 0) is 0 Å². The summed E-state index contributed by atoms with van der Waals surface area (Å²) in [6, 6.07) is 7.38. The van der Waals surface area contributed by atoms with Gasteiger partial charge < -0.3 is 5.11 Å². The number of halogens is 1. The van der Waals surface area contributed by atoms with Gasteiger partial charge in [0.15, 0.2) is 5.78 Å². The van der Waals surface area contributed by atoms with Gasteiger partial charge in [-0.15, -0.1) is 23.4 Å². The molecule has 1 aromatic rings. The maximum atomic E-state index is 11.2. The summed E-state index contributed by atoms with van der Waals surface area (Å²) in [6.45, 7) is 0.218. The van der Waals surface area contributed by atoms with Crippen molar-refractivity contribution in [1.82, 2.24) is 0 Å². The molecule has 1 N–H and O–H groups in total. The number of rotatable bonds is 6. The molecule has 0 unspecified atom stereocenters. The van der Waals surface area contributed by atoms with E-state index in [1.54, 1.807) is 23.9 Å². The van der Waals surface area contributed by atoms with Crippen LogP contribution in [0.15, 0.2) is 29.2 Å². The zero-order valence-corrected chi connectivity index (χ0v) is 9.85. The van der Waals surface area contributed by atoms with E-state index in [4.69, 9.17) is 16.7 Å². The van der Waals surface area contributed by atoms with E-state index >= 15 is 0 Å². The largest absolute Gasteiger partial charge is 0.396 e. The number of hydrogen-bond donors (Lipinski definition) is 1. The minimum Gasteiger partial charge on any atom is -0.396 e. The number of aliphatic hydroxyl groups is 1. The van der Waals surface area contributed by atoms with Crippen LogP contribution in [0.5, 0.6) is 0 Å². The maximum absolute atomic E-state index is 11.2. The molecule has 4 heteroatoms. The Hall–Kier alpha value is -0.510. The molecule has 0 aliphatic rings. The van der Waals surface area contributed by atoms with E-state index in [0.717, 1.165) is 17.1 Å². The Morgan fingerprint density at radius 1 is 1.33 bits per heavy atom. The molecule has 0 fully saturated rings. The van der Waals surface area contributed by atoms with Crippen LogP contribution in [0, 0.1) is 0 Å². The summed E-state index contributed by atoms with van der Waals surface area (Å²) in [6.07, 6.45) is 0.785. The van der Waals surface area contributed by atoms with Crippen LogP contribution in [0.4, 0.5) is 0 Å². The monoisotopic (exact) mass is 244 g/mol. The van der Waals surface area contributed by atoms with Crippen molar-refractivity contribution >= 4 is 29.1 Å². The third-order valence-corrected chi connectivity index (χ3v) is 3.21. The van der Waals surface area contributed by atoms with Gasteiger partial charge in [0.25, 0.3) is 0 Å². The van der Waals surface area contributed by atoms with Crippen molar-refractivity contribution in [3.05, 3.63) is 29.8 Å². The van der Waals surface area contributed by atoms with Crippen molar-refractivity contribution in [3.8, 4) is 0 Å². The number of alkyl halides is 1. The zero-order chi connectivity index (χ0) is 11.1. The SMILES string of the molecule is O=C(CCl)c1ccc(SCCCO)cc1. The molecule has 0 spiro atoms. The molecule has 0 aliphatic carbocycles. The number of aliphatic hydroxyl groups excluding tert-OH is 1. The molecule has 0 amide bonds. The fraction of sp³-hybridized carbons (Fsp3) is 0.364. The van der Waals surface area contributed by atoms with E-state index in [1.807, 2.05) is 12.1 Å². The van der Waals surface area contributed by atoms with E-state index in [2.05, 4.69) is 0 Å². The Bertz CT molecular complexity index is 311. The highest BCUT2D eigenvalue weighted by Gasteiger charge is 2.03. The summed E-state index contributed by atoms with van der Waals surface area (Å²) in [5, 5.41) is 8.62. The zero-order valence-electron chi connectivity index (χ0n) is 8.28. The summed E-state index contributed by atoms with van der Waals surface area (Å²) in [5.41, 5.74) is 0.650. The first kappa shape index (κ1) is 12.6. The number of hydrogen-bond acceptors (Lipinski definition) is 3. The molecular formula is C11H13ClO2S. The van der Waals surface area contributed by atoms with Crippen LogP contribution in [-0.4, -0.2) is 29.1 Å². The van der Waals surface area contributed by atoms with Crippen molar-refractivity contribution < 1.29 is 9.90 Å². The molecule has 0 saturated carbocycles. The lowest BCUT2D eigenvalue weighted by Gasteiger charge is -2.01. The molecule has 0 heterocycles. The number of thioether (sulfide) groups is 1. The highest BCUT2D eigenvalue weighted by molar-refractivity contribution is 7.99. The van der Waals surface area contributed by atoms with Crippen molar-refractivity contribution in [3.63, 3.8) is 0 Å². The highest BCUT2D eigenvalue weighted by atomic mass is 35.5. The summed E-state index contributed by atoms with van der Waals surface area (Å²) >= 11 is 7.11. The lowest BCUT2D eigenvalue weighted by atomic mass is 10.1. The van der Waals surface area contributed by atoms with Gasteiger partial charge in [0.05, 0.1) is 5.88 Å². The fourth-order valence-corrected chi connectivity index (χ4v) is 2.06. The normalized spacial score (nSPS) is 10.3. The number of benzene rings is 1. The summed E-state index contributed by atoms with van der Waals surface area (Å²) in [7, 11) is 0. The minimum absolute atomic E-state index is 0.0248. The predicted molar refractivity (Wildman–Crippen MR) is 63.9 cm³/mol. The average molecular weight is 245 g/mol. The van der Waals surface area contributed by atoms with Crippen molar-refractivity contribution in [2.24, 2.45) is 0 Å². The number of Topliss-reactive ketones (excluding diaryl/α,β-unsaturated/α-hetero) is 1. The lowest BCUT2D eigenvalue weighted by molar-refractivity contribution is 0.102. The summed E-state index contributed by atoms with van der Waals surface area (Å²) in [5.74, 6) is 0.861. The van der Waals surface area contributed by atoms with Crippen LogP contribution in [0.1, 0.15) is 16.8 Å². The summed E-state index contributed by atoms with van der Waals surface area (Å²) < 4.78 is 0. The average Bonchev–Trinajstić information content (AvgIpc) is 2.29. The quantitative estimate of drug-likeness (QED) is 0.362. The Morgan fingerprint density at radius 2 is 2.00 bits per heavy atom. The molecule has 2 nitrogen and oxygen atoms in total. The van der Waals surface area contributed by atoms with Crippen LogP contribution >= 0.6 is 23.4 Å². The molecular weight excluding hydrogens is 232 g/mol. The van der Waals surface area contributed by atoms with E-state index in [0.29, 0.717) is 5.56 Å². The third kappa shape index (κ3) is 4.24. The van der Waals surface area contributed by atoms with Crippen LogP contribution in [0.25, 0.3) is 0 Å². The van der Waals surface area contributed by atoms with Crippen LogP contribution in [0.2, 0.25) is 0 Å². The molecule has 0 atom stereocenters. The van der Waals surface area contributed by atoms with E-state index < -0.39 is 0 Å². The van der Waals surface area contributed by atoms with Gasteiger partial charge in [0.1, 0.15) is 0 Å². The van der Waals surface area contributed by atoms with Gasteiger partial charge in [0.2, 0.25) is 0 Å². The molecule has 0 aliphatic heterocycles. The second-order valence-electron chi connectivity index (χ2n) is 3.01. The summed E-state index contributed by atoms with van der Waals surface area (Å²) in [4.78, 5) is 12.3. The van der Waals surface area contributed by atoms with Crippen molar-refractivity contribution in [2.75, 3.05) is 18.2 Å². The molecule has 1 rings (SSSR count). The highest BCUT2D eigenvalue weighted by Crippen LogP contribution is 2.19. The van der Waals surface area contributed by atoms with E-state index in [9.17, 15) is 4.79 Å². The van der Waals surface area contributed by atoms with Crippen LogP contribution < -0.4 is 0 Å². The van der Waals surface area contributed by atoms with E-state index in [-0.39, 0.29) is 18.3 Å². The first-order chi connectivity index (χ1) is 7.27. The van der Waals surface area contributed by atoms with Crippen LogP contribution in [0.3, 0.4) is 0 Å². The van der Waals surface area contributed by atoms with Gasteiger partial charge >= 0.3 is 0 Å². The Kier molecular flexibility index (Phi) is 5.76. The minimum atomic E-state index is -0.0522. The Balaban J connectivity index is 2.52. The second-order valence-corrected chi connectivity index (χ2v) is 4.44. The van der Waals surface area contributed by atoms with Gasteiger partial charge in [-0.1, -0.05) is 12.1 Å². The maximum Gasteiger partial charge on any atom is 0.177 e. The first-order valence-corrected chi connectivity index (χ1v) is 6.23. The van der Waals surface area contributed by atoms with Crippen molar-refractivity contribution in [1.29, 1.82) is 0 Å². The van der Waals surface area contributed by atoms with Gasteiger partial charge in [-0.05, 0) is 18.6 Å². The number of carbonyl (C=O) groups excluding carboxylic acids is 1. The molecule has 15 heavy (non-hydrogen) atoms. The molecule has 1 aromatic carbocycles. The third-order valence-electron chi connectivity index (χ3n) is 1.87. The molecule has 0 radical (unpaired) electrons. The molecule has 0 bridgehead atoms. The Labute approximate surface area is 98.6 Å². The predicted octanol–water partition coefficient (Wildman–Crippen LogP) is 2.58. The number of carbonyl (C=O) groups is 1. The smallest absolute Gasteiger partial charge is 0.177 e. The van der Waals surface area contributed by atoms with Gasteiger partial charge in [0, 0.05) is 22.8 Å². The molecule has 0 saturated heterocycles. The number of ketones is 1. The van der Waals surface area contributed by atoms with Crippen molar-refractivity contribution in [2.45, 2.75) is 11.3 Å². The van der Waals surface area contributed by atoms with Gasteiger partial charge in [-0.25, -0.2) is 0 Å². The van der Waals surface area contributed by atoms with E-state index in [1.165, 1.54) is 0 Å². The van der Waals surface area contributed by atoms with Gasteiger partial charge in [-0.3, -0.25) is 4.79 Å². The molecule has 0 aromatic heterocycles. The first-order valence-electron chi connectivity index (χ1n) is 4.71.